The fraction of sp³-hybridized carbons (Fsp3) is 1.00. The molecule has 98 valence electrons. The van der Waals surface area contributed by atoms with E-state index in [1.807, 2.05) is 0 Å². The molecule has 0 aliphatic carbocycles. The topological polar surface area (TPSA) is 87.5 Å². The van der Waals surface area contributed by atoms with Gasteiger partial charge in [0.25, 0.3) is 0 Å². The molecule has 0 spiro atoms. The monoisotopic (exact) mass is 232 g/mol. The second-order valence-corrected chi connectivity index (χ2v) is 3.95. The van der Waals surface area contributed by atoms with Crippen molar-refractivity contribution in [1.82, 2.24) is 10.2 Å². The fourth-order valence-corrected chi connectivity index (χ4v) is 1.60. The number of nitrogens with zero attached hydrogens (tertiary/aromatic N) is 1. The quantitative estimate of drug-likeness (QED) is 0.323. The van der Waals surface area contributed by atoms with E-state index in [0.29, 0.717) is 19.7 Å². The average Bonchev–Trinajstić information content (AvgIpc) is 2.28. The fourth-order valence-electron chi connectivity index (χ4n) is 1.60. The number of unbranched alkanes of at least 4 members (excludes halogenated alkanes) is 2. The van der Waals surface area contributed by atoms with Crippen LogP contribution in [0.5, 0.6) is 0 Å². The first-order chi connectivity index (χ1) is 7.85. The van der Waals surface area contributed by atoms with Crippen LogP contribution in [0.4, 0.5) is 0 Å². The predicted octanol–water partition coefficient (Wildman–Crippen LogP) is -1.04. The maximum atomic E-state index is 8.61. The van der Waals surface area contributed by atoms with E-state index < -0.39 is 0 Å². The van der Waals surface area contributed by atoms with Crippen molar-refractivity contribution in [3.63, 3.8) is 0 Å². The maximum Gasteiger partial charge on any atom is 0.0431 e. The Bertz CT molecular complexity index is 129. The van der Waals surface area contributed by atoms with Gasteiger partial charge in [-0.3, -0.25) is 4.90 Å². The highest BCUT2D eigenvalue weighted by Gasteiger charge is 2.01. The van der Waals surface area contributed by atoms with Gasteiger partial charge < -0.3 is 21.9 Å². The van der Waals surface area contributed by atoms with Gasteiger partial charge in [0.1, 0.15) is 0 Å². The molecular formula is C11H28N4O. The Labute approximate surface area is 99.2 Å². The van der Waals surface area contributed by atoms with Crippen LogP contribution in [0.2, 0.25) is 0 Å². The van der Waals surface area contributed by atoms with Crippen LogP contribution in [0.1, 0.15) is 19.3 Å². The molecule has 5 nitrogen and oxygen atoms in total. The lowest BCUT2D eigenvalue weighted by Crippen LogP contribution is -2.38. The van der Waals surface area contributed by atoms with E-state index in [1.165, 1.54) is 0 Å². The van der Waals surface area contributed by atoms with Gasteiger partial charge in [0.15, 0.2) is 0 Å². The molecule has 0 bridgehead atoms. The molecule has 0 aliphatic rings. The smallest absolute Gasteiger partial charge is 0.0431 e. The van der Waals surface area contributed by atoms with Crippen LogP contribution in [0.15, 0.2) is 0 Å². The van der Waals surface area contributed by atoms with E-state index in [1.54, 1.807) is 0 Å². The van der Waals surface area contributed by atoms with Crippen LogP contribution >= 0.6 is 0 Å². The molecule has 0 amide bonds. The first kappa shape index (κ1) is 15.8. The third-order valence-corrected chi connectivity index (χ3v) is 2.51. The second-order valence-electron chi connectivity index (χ2n) is 3.95. The molecule has 5 heteroatoms. The molecule has 6 N–H and O–H groups in total. The van der Waals surface area contributed by atoms with Gasteiger partial charge in [0.2, 0.25) is 0 Å². The van der Waals surface area contributed by atoms with E-state index in [9.17, 15) is 0 Å². The van der Waals surface area contributed by atoms with Gasteiger partial charge in [0, 0.05) is 45.9 Å². The Morgan fingerprint density at radius 3 is 2.12 bits per heavy atom. The summed E-state index contributed by atoms with van der Waals surface area (Å²) in [7, 11) is 0. The van der Waals surface area contributed by atoms with Crippen molar-refractivity contribution in [2.75, 3.05) is 52.4 Å². The number of hydrogen-bond acceptors (Lipinski definition) is 5. The van der Waals surface area contributed by atoms with Crippen LogP contribution < -0.4 is 16.8 Å². The van der Waals surface area contributed by atoms with Crippen LogP contribution in [0.25, 0.3) is 0 Å². The summed E-state index contributed by atoms with van der Waals surface area (Å²) in [5.74, 6) is 0. The molecule has 0 radical (unpaired) electrons. The lowest BCUT2D eigenvalue weighted by Gasteiger charge is -2.20. The molecule has 0 unspecified atom stereocenters. The molecule has 0 fully saturated rings. The minimum atomic E-state index is 0.306. The third kappa shape index (κ3) is 10.3. The minimum absolute atomic E-state index is 0.306. The highest BCUT2D eigenvalue weighted by molar-refractivity contribution is 4.60. The summed E-state index contributed by atoms with van der Waals surface area (Å²) in [5.41, 5.74) is 11.0. The van der Waals surface area contributed by atoms with Crippen molar-refractivity contribution in [3.8, 4) is 0 Å². The van der Waals surface area contributed by atoms with Gasteiger partial charge in [-0.15, -0.1) is 0 Å². The highest BCUT2D eigenvalue weighted by atomic mass is 16.2. The van der Waals surface area contributed by atoms with Gasteiger partial charge in [0.05, 0.1) is 0 Å². The normalized spacial score (nSPS) is 11.2. The summed E-state index contributed by atoms with van der Waals surface area (Å²) in [6.07, 6.45) is 3.14. The van der Waals surface area contributed by atoms with Crippen molar-refractivity contribution in [3.05, 3.63) is 0 Å². The number of aliphatic hydroxyl groups is 1. The molecule has 0 atom stereocenters. The van der Waals surface area contributed by atoms with E-state index in [0.717, 1.165) is 52.0 Å². The van der Waals surface area contributed by atoms with Crippen molar-refractivity contribution in [1.29, 1.82) is 0 Å². The SMILES string of the molecule is NCCN(CCN)CCNCCCCCO. The van der Waals surface area contributed by atoms with E-state index in [2.05, 4.69) is 10.2 Å². The molecule has 0 saturated carbocycles. The van der Waals surface area contributed by atoms with Gasteiger partial charge in [-0.2, -0.15) is 0 Å². The second kappa shape index (κ2) is 12.9. The van der Waals surface area contributed by atoms with E-state index in [-0.39, 0.29) is 0 Å². The minimum Gasteiger partial charge on any atom is -0.396 e. The summed E-state index contributed by atoms with van der Waals surface area (Å²) in [4.78, 5) is 2.28. The average molecular weight is 232 g/mol. The van der Waals surface area contributed by atoms with E-state index in [4.69, 9.17) is 16.6 Å². The Morgan fingerprint density at radius 1 is 0.875 bits per heavy atom. The molecule has 0 aromatic heterocycles. The molecule has 0 aromatic carbocycles. The van der Waals surface area contributed by atoms with Crippen LogP contribution in [-0.2, 0) is 0 Å². The molecular weight excluding hydrogens is 204 g/mol. The molecule has 16 heavy (non-hydrogen) atoms. The highest BCUT2D eigenvalue weighted by Crippen LogP contribution is 1.91. The summed E-state index contributed by atoms with van der Waals surface area (Å²) in [5, 5.41) is 12.0. The molecule has 0 saturated heterocycles. The third-order valence-electron chi connectivity index (χ3n) is 2.51. The van der Waals surface area contributed by atoms with Crippen molar-refractivity contribution in [2.24, 2.45) is 11.5 Å². The standard InChI is InChI=1S/C11H28N4O/c12-4-8-15(9-5-13)10-7-14-6-2-1-3-11-16/h14,16H,1-13H2. The molecule has 0 rings (SSSR count). The number of nitrogens with one attached hydrogen (secondary N) is 1. The summed E-state index contributed by atoms with van der Waals surface area (Å²) in [6, 6.07) is 0. The zero-order valence-electron chi connectivity index (χ0n) is 10.3. The molecule has 0 heterocycles. The summed E-state index contributed by atoms with van der Waals surface area (Å²) >= 11 is 0. The first-order valence-electron chi connectivity index (χ1n) is 6.29. The Morgan fingerprint density at radius 2 is 1.56 bits per heavy atom. The van der Waals surface area contributed by atoms with Crippen LogP contribution in [-0.4, -0.2) is 62.4 Å². The Kier molecular flexibility index (Phi) is 12.7. The molecule has 0 aromatic rings. The van der Waals surface area contributed by atoms with E-state index >= 15 is 0 Å². The zero-order chi connectivity index (χ0) is 12.1. The Hall–Kier alpha value is -0.200. The van der Waals surface area contributed by atoms with Crippen LogP contribution in [0, 0.1) is 0 Å². The maximum absolute atomic E-state index is 8.61. The van der Waals surface area contributed by atoms with Crippen molar-refractivity contribution >= 4 is 0 Å². The number of rotatable bonds is 12. The molecule has 0 aliphatic heterocycles. The van der Waals surface area contributed by atoms with Gasteiger partial charge >= 0.3 is 0 Å². The number of hydrogen-bond donors (Lipinski definition) is 4. The predicted molar refractivity (Wildman–Crippen MR) is 68.4 cm³/mol. The summed E-state index contributed by atoms with van der Waals surface area (Å²) < 4.78 is 0. The van der Waals surface area contributed by atoms with Gasteiger partial charge in [-0.25, -0.2) is 0 Å². The van der Waals surface area contributed by atoms with Gasteiger partial charge in [-0.05, 0) is 25.8 Å². The first-order valence-corrected chi connectivity index (χ1v) is 6.29. The number of aliphatic hydroxyl groups excluding tert-OH is 1. The van der Waals surface area contributed by atoms with Crippen molar-refractivity contribution < 1.29 is 5.11 Å². The van der Waals surface area contributed by atoms with Gasteiger partial charge in [-0.1, -0.05) is 0 Å². The summed E-state index contributed by atoms with van der Waals surface area (Å²) in [6.45, 7) is 6.55. The van der Waals surface area contributed by atoms with Crippen molar-refractivity contribution in [2.45, 2.75) is 19.3 Å². The van der Waals surface area contributed by atoms with Crippen LogP contribution in [0.3, 0.4) is 0 Å². The Balaban J connectivity index is 3.25. The zero-order valence-corrected chi connectivity index (χ0v) is 10.3. The lowest BCUT2D eigenvalue weighted by molar-refractivity contribution is 0.279. The largest absolute Gasteiger partial charge is 0.396 e. The number of nitrogens with two attached hydrogens (primary N) is 2. The lowest BCUT2D eigenvalue weighted by atomic mass is 10.2.